The monoisotopic (exact) mass is 253 g/mol. The Morgan fingerprint density at radius 1 is 1.53 bits per heavy atom. The zero-order valence-corrected chi connectivity index (χ0v) is 10.1. The van der Waals surface area contributed by atoms with Gasteiger partial charge >= 0.3 is 0 Å². The highest BCUT2D eigenvalue weighted by Crippen LogP contribution is 2.24. The summed E-state index contributed by atoms with van der Waals surface area (Å²) in [4.78, 5) is 7.15. The molecular weight excluding hydrogens is 241 g/mol. The maximum Gasteiger partial charge on any atom is 0.129 e. The van der Waals surface area contributed by atoms with Gasteiger partial charge in [0.2, 0.25) is 0 Å². The van der Waals surface area contributed by atoms with Crippen molar-refractivity contribution in [3.8, 4) is 0 Å². The summed E-state index contributed by atoms with van der Waals surface area (Å²) in [6.45, 7) is 2.68. The van der Waals surface area contributed by atoms with Gasteiger partial charge in [0, 0.05) is 23.0 Å². The number of rotatable bonds is 4. The molecule has 0 bridgehead atoms. The Hall–Kier alpha value is -1.39. The summed E-state index contributed by atoms with van der Waals surface area (Å²) in [6.07, 6.45) is 3.36. The molecule has 1 aromatic carbocycles. The van der Waals surface area contributed by atoms with Crippen LogP contribution in [0.1, 0.15) is 24.4 Å². The van der Waals surface area contributed by atoms with Gasteiger partial charge in [0.25, 0.3) is 0 Å². The number of hydrogen-bond donors (Lipinski definition) is 2. The molecule has 0 radical (unpaired) electrons. The van der Waals surface area contributed by atoms with Crippen molar-refractivity contribution in [2.24, 2.45) is 0 Å². The molecule has 2 N–H and O–H groups in total. The van der Waals surface area contributed by atoms with Crippen LogP contribution in [0.2, 0.25) is 5.02 Å². The highest BCUT2D eigenvalue weighted by Gasteiger charge is 2.18. The van der Waals surface area contributed by atoms with Crippen LogP contribution in [0.5, 0.6) is 0 Å². The van der Waals surface area contributed by atoms with Crippen molar-refractivity contribution in [1.29, 1.82) is 0 Å². The first-order valence-electron chi connectivity index (χ1n) is 5.40. The third-order valence-electron chi connectivity index (χ3n) is 2.47. The van der Waals surface area contributed by atoms with Crippen molar-refractivity contribution in [1.82, 2.24) is 15.3 Å². The predicted octanol–water partition coefficient (Wildman–Crippen LogP) is 2.90. The zero-order valence-electron chi connectivity index (χ0n) is 9.37. The van der Waals surface area contributed by atoms with Crippen molar-refractivity contribution in [2.75, 3.05) is 6.54 Å². The molecule has 0 saturated carbocycles. The van der Waals surface area contributed by atoms with Crippen molar-refractivity contribution >= 4 is 11.6 Å². The summed E-state index contributed by atoms with van der Waals surface area (Å²) < 4.78 is 13.8. The zero-order chi connectivity index (χ0) is 12.3. The van der Waals surface area contributed by atoms with Gasteiger partial charge in [0.1, 0.15) is 11.6 Å². The van der Waals surface area contributed by atoms with E-state index in [1.165, 1.54) is 6.07 Å². The van der Waals surface area contributed by atoms with E-state index in [-0.39, 0.29) is 11.9 Å². The van der Waals surface area contributed by atoms with Gasteiger partial charge in [0.15, 0.2) is 0 Å². The number of aromatic amines is 1. The van der Waals surface area contributed by atoms with Crippen LogP contribution in [0.3, 0.4) is 0 Å². The van der Waals surface area contributed by atoms with Gasteiger partial charge in [-0.3, -0.25) is 0 Å². The molecule has 1 aromatic heterocycles. The summed E-state index contributed by atoms with van der Waals surface area (Å²) in [6, 6.07) is 4.37. The Morgan fingerprint density at radius 3 is 2.94 bits per heavy atom. The molecule has 0 spiro atoms. The first-order valence-corrected chi connectivity index (χ1v) is 5.77. The molecule has 2 rings (SSSR count). The van der Waals surface area contributed by atoms with E-state index in [1.54, 1.807) is 24.5 Å². The standard InChI is InChI=1S/C12H13ClFN3/c1-2-15-11(12-16-5-6-17-12)9-4-3-8(13)7-10(9)14/h3-7,11,15H,2H2,1H3,(H,16,17). The van der Waals surface area contributed by atoms with E-state index in [0.717, 1.165) is 0 Å². The second kappa shape index (κ2) is 5.29. The molecule has 2 aromatic rings. The highest BCUT2D eigenvalue weighted by atomic mass is 35.5. The van der Waals surface area contributed by atoms with Crippen LogP contribution in [0.4, 0.5) is 4.39 Å². The maximum absolute atomic E-state index is 13.8. The average molecular weight is 254 g/mol. The second-order valence-electron chi connectivity index (χ2n) is 3.63. The number of hydrogen-bond acceptors (Lipinski definition) is 2. The molecule has 3 nitrogen and oxygen atoms in total. The smallest absolute Gasteiger partial charge is 0.129 e. The van der Waals surface area contributed by atoms with Crippen LogP contribution < -0.4 is 5.32 Å². The topological polar surface area (TPSA) is 40.7 Å². The number of halogens is 2. The molecule has 0 aliphatic heterocycles. The fraction of sp³-hybridized carbons (Fsp3) is 0.250. The van der Waals surface area contributed by atoms with E-state index in [2.05, 4.69) is 15.3 Å². The van der Waals surface area contributed by atoms with E-state index >= 15 is 0 Å². The Kier molecular flexibility index (Phi) is 3.76. The minimum absolute atomic E-state index is 0.285. The maximum atomic E-state index is 13.8. The molecule has 0 aliphatic carbocycles. The number of imidazole rings is 1. The molecule has 17 heavy (non-hydrogen) atoms. The van der Waals surface area contributed by atoms with Crippen LogP contribution in [0.15, 0.2) is 30.6 Å². The van der Waals surface area contributed by atoms with Crippen molar-refractivity contribution in [2.45, 2.75) is 13.0 Å². The van der Waals surface area contributed by atoms with Crippen molar-refractivity contribution in [3.05, 3.63) is 52.8 Å². The third kappa shape index (κ3) is 2.65. The molecule has 0 aliphatic rings. The third-order valence-corrected chi connectivity index (χ3v) is 2.71. The molecule has 5 heteroatoms. The summed E-state index contributed by atoms with van der Waals surface area (Å²) in [5.41, 5.74) is 0.534. The van der Waals surface area contributed by atoms with Crippen LogP contribution in [-0.4, -0.2) is 16.5 Å². The molecule has 1 unspecified atom stereocenters. The lowest BCUT2D eigenvalue weighted by atomic mass is 10.1. The van der Waals surface area contributed by atoms with Gasteiger partial charge < -0.3 is 10.3 Å². The van der Waals surface area contributed by atoms with Gasteiger partial charge in [-0.05, 0) is 18.7 Å². The molecule has 0 fully saturated rings. The lowest BCUT2D eigenvalue weighted by Gasteiger charge is -2.16. The molecule has 1 heterocycles. The van der Waals surface area contributed by atoms with Crippen LogP contribution in [-0.2, 0) is 0 Å². The molecule has 1 atom stereocenters. The van der Waals surface area contributed by atoms with Crippen LogP contribution in [0, 0.1) is 5.82 Å². The van der Waals surface area contributed by atoms with E-state index < -0.39 is 0 Å². The van der Waals surface area contributed by atoms with E-state index in [1.807, 2.05) is 6.92 Å². The van der Waals surface area contributed by atoms with E-state index in [4.69, 9.17) is 11.6 Å². The fourth-order valence-corrected chi connectivity index (χ4v) is 1.89. The Bertz CT molecular complexity index is 485. The van der Waals surface area contributed by atoms with Crippen molar-refractivity contribution in [3.63, 3.8) is 0 Å². The average Bonchev–Trinajstić information content (AvgIpc) is 2.80. The van der Waals surface area contributed by atoms with E-state index in [0.29, 0.717) is 23.0 Å². The lowest BCUT2D eigenvalue weighted by molar-refractivity contribution is 0.546. The summed E-state index contributed by atoms with van der Waals surface area (Å²) in [5, 5.41) is 3.57. The predicted molar refractivity (Wildman–Crippen MR) is 65.5 cm³/mol. The Labute approximate surface area is 104 Å². The molecule has 90 valence electrons. The first-order chi connectivity index (χ1) is 8.22. The van der Waals surface area contributed by atoms with Crippen LogP contribution in [0.25, 0.3) is 0 Å². The number of nitrogens with zero attached hydrogens (tertiary/aromatic N) is 1. The second-order valence-corrected chi connectivity index (χ2v) is 4.07. The van der Waals surface area contributed by atoms with Gasteiger partial charge in [-0.25, -0.2) is 9.37 Å². The SMILES string of the molecule is CCNC(c1ncc[nH]1)c1ccc(Cl)cc1F. The molecule has 0 saturated heterocycles. The Balaban J connectivity index is 2.39. The largest absolute Gasteiger partial charge is 0.347 e. The fourth-order valence-electron chi connectivity index (χ4n) is 1.73. The minimum Gasteiger partial charge on any atom is -0.347 e. The number of aromatic nitrogens is 2. The minimum atomic E-state index is -0.333. The van der Waals surface area contributed by atoms with Gasteiger partial charge in [0.05, 0.1) is 6.04 Å². The first kappa shape index (κ1) is 12.1. The normalized spacial score (nSPS) is 12.6. The molecule has 0 amide bonds. The quantitative estimate of drug-likeness (QED) is 0.880. The van der Waals surface area contributed by atoms with Crippen LogP contribution >= 0.6 is 11.6 Å². The Morgan fingerprint density at radius 2 is 2.35 bits per heavy atom. The number of benzene rings is 1. The van der Waals surface area contributed by atoms with Gasteiger partial charge in [-0.1, -0.05) is 24.6 Å². The lowest BCUT2D eigenvalue weighted by Crippen LogP contribution is -2.24. The van der Waals surface area contributed by atoms with Gasteiger partial charge in [-0.2, -0.15) is 0 Å². The molecular formula is C12H13ClFN3. The summed E-state index contributed by atoms with van der Waals surface area (Å²) >= 11 is 5.74. The number of nitrogens with one attached hydrogen (secondary N) is 2. The van der Waals surface area contributed by atoms with Crippen molar-refractivity contribution < 1.29 is 4.39 Å². The van der Waals surface area contributed by atoms with E-state index in [9.17, 15) is 4.39 Å². The number of H-pyrrole nitrogens is 1. The summed E-state index contributed by atoms with van der Waals surface area (Å²) in [7, 11) is 0. The van der Waals surface area contributed by atoms with Gasteiger partial charge in [-0.15, -0.1) is 0 Å². The summed E-state index contributed by atoms with van der Waals surface area (Å²) in [5.74, 6) is 0.355. The highest BCUT2D eigenvalue weighted by molar-refractivity contribution is 6.30.